The van der Waals surface area contributed by atoms with Gasteiger partial charge in [-0.05, 0) is 74.4 Å². The van der Waals surface area contributed by atoms with E-state index >= 15 is 0 Å². The minimum Gasteiger partial charge on any atom is -0.497 e. The molecular weight excluding hydrogens is 398 g/mol. The number of nitrogens with one attached hydrogen (secondary N) is 1. The minimum atomic E-state index is -0.412. The number of methoxy groups -OCH3 is 1. The average molecular weight is 436 g/mol. The fraction of sp³-hybridized carbons (Fsp3) is 0.652. The lowest BCUT2D eigenvalue weighted by Gasteiger charge is -2.34. The van der Waals surface area contributed by atoms with Crippen LogP contribution < -0.4 is 10.1 Å². The zero-order valence-corrected chi connectivity index (χ0v) is 19.7. The summed E-state index contributed by atoms with van der Waals surface area (Å²) >= 11 is 1.69. The number of carbonyl (C=O) groups is 2. The molecule has 1 fully saturated rings. The van der Waals surface area contributed by atoms with Crippen molar-refractivity contribution in [1.82, 2.24) is 15.1 Å². The second-order valence-corrected chi connectivity index (χ2v) is 9.12. The highest BCUT2D eigenvalue weighted by molar-refractivity contribution is 7.98. The Morgan fingerprint density at radius 2 is 1.93 bits per heavy atom. The van der Waals surface area contributed by atoms with Gasteiger partial charge in [0.15, 0.2) is 0 Å². The summed E-state index contributed by atoms with van der Waals surface area (Å²) in [6, 6.07) is 7.89. The van der Waals surface area contributed by atoms with Crippen LogP contribution in [0, 0.1) is 5.92 Å². The third kappa shape index (κ3) is 8.19. The highest BCUT2D eigenvalue weighted by Crippen LogP contribution is 2.19. The highest BCUT2D eigenvalue weighted by atomic mass is 32.2. The molecule has 2 amide bonds. The number of likely N-dealkylation sites (N-methyl/N-ethyl adjacent to an activating group) is 1. The van der Waals surface area contributed by atoms with Gasteiger partial charge in [0.2, 0.25) is 11.8 Å². The number of amides is 2. The maximum Gasteiger partial charge on any atom is 0.244 e. The van der Waals surface area contributed by atoms with Crippen molar-refractivity contribution < 1.29 is 14.3 Å². The molecule has 1 aromatic rings. The van der Waals surface area contributed by atoms with E-state index < -0.39 is 6.04 Å². The standard InChI is InChI=1S/C23H37N3O3S/c1-18(27)24-22(12-16-30-4)23(28)25(2)17-20-10-14-26(15-11-20)13-9-19-5-7-21(29-3)8-6-19/h5-8,20,22H,9-17H2,1-4H3,(H,24,27). The smallest absolute Gasteiger partial charge is 0.244 e. The Hall–Kier alpha value is -1.73. The number of hydrogen-bond donors (Lipinski definition) is 1. The zero-order valence-electron chi connectivity index (χ0n) is 18.9. The second kappa shape index (κ2) is 12.8. The van der Waals surface area contributed by atoms with Crippen molar-refractivity contribution in [3.05, 3.63) is 29.8 Å². The molecule has 1 aliphatic heterocycles. The van der Waals surface area contributed by atoms with Crippen molar-refractivity contribution in [2.24, 2.45) is 5.92 Å². The molecule has 0 bridgehead atoms. The lowest BCUT2D eigenvalue weighted by molar-refractivity contribution is -0.135. The predicted molar refractivity (Wildman–Crippen MR) is 124 cm³/mol. The molecule has 1 aromatic carbocycles. The Morgan fingerprint density at radius 1 is 1.27 bits per heavy atom. The van der Waals surface area contributed by atoms with E-state index in [1.807, 2.05) is 30.3 Å². The molecule has 168 valence electrons. The molecule has 1 saturated heterocycles. The van der Waals surface area contributed by atoms with Gasteiger partial charge in [-0.2, -0.15) is 11.8 Å². The number of ether oxygens (including phenoxy) is 1. The third-order valence-corrected chi connectivity index (χ3v) is 6.42. The summed E-state index contributed by atoms with van der Waals surface area (Å²) in [6.07, 6.45) is 5.95. The summed E-state index contributed by atoms with van der Waals surface area (Å²) in [6.45, 7) is 5.45. The Kier molecular flexibility index (Phi) is 10.5. The topological polar surface area (TPSA) is 61.9 Å². The van der Waals surface area contributed by atoms with Gasteiger partial charge >= 0.3 is 0 Å². The highest BCUT2D eigenvalue weighted by Gasteiger charge is 2.26. The van der Waals surface area contributed by atoms with Crippen LogP contribution in [-0.2, 0) is 16.0 Å². The Balaban J connectivity index is 1.74. The van der Waals surface area contributed by atoms with Gasteiger partial charge in [0.1, 0.15) is 11.8 Å². The van der Waals surface area contributed by atoms with Crippen molar-refractivity contribution in [2.45, 2.75) is 38.6 Å². The summed E-state index contributed by atoms with van der Waals surface area (Å²) < 4.78 is 5.22. The predicted octanol–water partition coefficient (Wildman–Crippen LogP) is 2.67. The number of thioether (sulfide) groups is 1. The first-order valence-corrected chi connectivity index (χ1v) is 12.2. The van der Waals surface area contributed by atoms with E-state index in [1.165, 1.54) is 12.5 Å². The number of carbonyl (C=O) groups excluding carboxylic acids is 2. The van der Waals surface area contributed by atoms with Crippen LogP contribution in [0.15, 0.2) is 24.3 Å². The van der Waals surface area contributed by atoms with Gasteiger partial charge in [-0.15, -0.1) is 0 Å². The largest absolute Gasteiger partial charge is 0.497 e. The van der Waals surface area contributed by atoms with Crippen molar-refractivity contribution >= 4 is 23.6 Å². The fourth-order valence-electron chi connectivity index (χ4n) is 3.95. The second-order valence-electron chi connectivity index (χ2n) is 8.14. The summed E-state index contributed by atoms with van der Waals surface area (Å²) in [4.78, 5) is 28.6. The number of rotatable bonds is 11. The normalized spacial score (nSPS) is 16.1. The maximum absolute atomic E-state index is 12.8. The molecule has 0 spiro atoms. The van der Waals surface area contributed by atoms with Crippen LogP contribution in [0.25, 0.3) is 0 Å². The van der Waals surface area contributed by atoms with Crippen molar-refractivity contribution in [1.29, 1.82) is 0 Å². The maximum atomic E-state index is 12.8. The molecule has 7 heteroatoms. The van der Waals surface area contributed by atoms with E-state index in [-0.39, 0.29) is 11.8 Å². The molecule has 1 heterocycles. The van der Waals surface area contributed by atoms with Crippen molar-refractivity contribution in [3.8, 4) is 5.75 Å². The summed E-state index contributed by atoms with van der Waals surface area (Å²) in [5.41, 5.74) is 1.33. The van der Waals surface area contributed by atoms with Gasteiger partial charge in [-0.3, -0.25) is 9.59 Å². The van der Waals surface area contributed by atoms with Gasteiger partial charge in [0, 0.05) is 27.1 Å². The monoisotopic (exact) mass is 435 g/mol. The summed E-state index contributed by atoms with van der Waals surface area (Å²) in [7, 11) is 3.56. The van der Waals surface area contributed by atoms with Crippen LogP contribution in [0.4, 0.5) is 0 Å². The van der Waals surface area contributed by atoms with E-state index in [4.69, 9.17) is 4.74 Å². The Morgan fingerprint density at radius 3 is 2.50 bits per heavy atom. The molecule has 6 nitrogen and oxygen atoms in total. The van der Waals surface area contributed by atoms with Crippen LogP contribution in [0.5, 0.6) is 5.75 Å². The lowest BCUT2D eigenvalue weighted by Crippen LogP contribution is -2.49. The third-order valence-electron chi connectivity index (χ3n) is 5.78. The van der Waals surface area contributed by atoms with Crippen LogP contribution in [0.2, 0.25) is 0 Å². The number of piperidine rings is 1. The quantitative estimate of drug-likeness (QED) is 0.579. The molecule has 0 radical (unpaired) electrons. The molecule has 0 saturated carbocycles. The lowest BCUT2D eigenvalue weighted by atomic mass is 9.95. The van der Waals surface area contributed by atoms with Crippen molar-refractivity contribution in [3.63, 3.8) is 0 Å². The Labute approximate surface area is 185 Å². The first-order valence-electron chi connectivity index (χ1n) is 10.8. The molecule has 0 aromatic heterocycles. The van der Waals surface area contributed by atoms with Gasteiger partial charge < -0.3 is 19.9 Å². The molecule has 30 heavy (non-hydrogen) atoms. The van der Waals surface area contributed by atoms with E-state index in [9.17, 15) is 9.59 Å². The van der Waals surface area contributed by atoms with Gasteiger partial charge in [0.25, 0.3) is 0 Å². The minimum absolute atomic E-state index is 0.0289. The van der Waals surface area contributed by atoms with E-state index in [1.54, 1.807) is 18.9 Å². The van der Waals surface area contributed by atoms with E-state index in [2.05, 4.69) is 22.3 Å². The number of hydrogen-bond acceptors (Lipinski definition) is 5. The summed E-state index contributed by atoms with van der Waals surface area (Å²) in [5.74, 6) is 2.16. The molecule has 1 N–H and O–H groups in total. The van der Waals surface area contributed by atoms with Crippen molar-refractivity contribution in [2.75, 3.05) is 52.3 Å². The average Bonchev–Trinajstić information content (AvgIpc) is 2.75. The summed E-state index contributed by atoms with van der Waals surface area (Å²) in [5, 5.41) is 2.82. The molecule has 1 aliphatic rings. The first-order chi connectivity index (χ1) is 14.4. The molecular formula is C23H37N3O3S. The molecule has 1 unspecified atom stereocenters. The van der Waals surface area contributed by atoms with Crippen LogP contribution >= 0.6 is 11.8 Å². The van der Waals surface area contributed by atoms with E-state index in [0.717, 1.165) is 56.9 Å². The van der Waals surface area contributed by atoms with Crippen LogP contribution in [0.1, 0.15) is 31.7 Å². The number of benzene rings is 1. The number of likely N-dealkylation sites (tertiary alicyclic amines) is 1. The van der Waals surface area contributed by atoms with Gasteiger partial charge in [-0.1, -0.05) is 12.1 Å². The molecule has 1 atom stereocenters. The fourth-order valence-corrected chi connectivity index (χ4v) is 4.43. The SMILES string of the molecule is COc1ccc(CCN2CCC(CN(C)C(=O)C(CCSC)NC(C)=O)CC2)cc1. The van der Waals surface area contributed by atoms with Crippen LogP contribution in [-0.4, -0.2) is 80.0 Å². The van der Waals surface area contributed by atoms with Gasteiger partial charge in [-0.25, -0.2) is 0 Å². The number of nitrogens with zero attached hydrogens (tertiary/aromatic N) is 2. The molecule has 2 rings (SSSR count). The van der Waals surface area contributed by atoms with E-state index in [0.29, 0.717) is 12.3 Å². The van der Waals surface area contributed by atoms with Gasteiger partial charge in [0.05, 0.1) is 7.11 Å². The zero-order chi connectivity index (χ0) is 21.9. The molecule has 0 aliphatic carbocycles. The Bertz CT molecular complexity index is 660. The first kappa shape index (κ1) is 24.5. The van der Waals surface area contributed by atoms with Crippen LogP contribution in [0.3, 0.4) is 0 Å².